The van der Waals surface area contributed by atoms with E-state index in [4.69, 9.17) is 24.4 Å². The van der Waals surface area contributed by atoms with E-state index in [0.717, 1.165) is 56.1 Å². The fourth-order valence-electron chi connectivity index (χ4n) is 3.91. The molecular weight excluding hydrogens is 436 g/mol. The zero-order chi connectivity index (χ0) is 24.3. The first-order valence-electron chi connectivity index (χ1n) is 11.6. The van der Waals surface area contributed by atoms with E-state index in [1.54, 1.807) is 0 Å². The van der Waals surface area contributed by atoms with Gasteiger partial charge in [0.2, 0.25) is 0 Å². The summed E-state index contributed by atoms with van der Waals surface area (Å²) in [5.41, 5.74) is 2.21. The Morgan fingerprint density at radius 1 is 1.18 bits per heavy atom. The summed E-state index contributed by atoms with van der Waals surface area (Å²) in [7, 11) is 0. The highest BCUT2D eigenvalue weighted by Gasteiger charge is 2.22. The van der Waals surface area contributed by atoms with Gasteiger partial charge >= 0.3 is 0 Å². The van der Waals surface area contributed by atoms with Crippen LogP contribution < -0.4 is 9.62 Å². The van der Waals surface area contributed by atoms with E-state index >= 15 is 0 Å². The van der Waals surface area contributed by atoms with Crippen LogP contribution in [0.4, 0.5) is 0 Å². The summed E-state index contributed by atoms with van der Waals surface area (Å²) in [6, 6.07) is 15.9. The van der Waals surface area contributed by atoms with Crippen LogP contribution in [0, 0.1) is 12.8 Å². The summed E-state index contributed by atoms with van der Waals surface area (Å²) in [6.07, 6.45) is 3.43. The third-order valence-electron chi connectivity index (χ3n) is 5.62. The number of carboxylic acids is 1. The lowest BCUT2D eigenvalue weighted by molar-refractivity contribution is -0.223. The van der Waals surface area contributed by atoms with Crippen LogP contribution in [0.15, 0.2) is 54.7 Å². The van der Waals surface area contributed by atoms with E-state index in [9.17, 15) is 5.11 Å². The molecule has 1 unspecified atom stereocenters. The van der Waals surface area contributed by atoms with Gasteiger partial charge in [0.15, 0.2) is 5.75 Å². The van der Waals surface area contributed by atoms with Crippen molar-refractivity contribution >= 4 is 16.9 Å². The summed E-state index contributed by atoms with van der Waals surface area (Å²) in [5.74, 6) is 1.32. The Kier molecular flexibility index (Phi) is 9.75. The largest absolute Gasteiger partial charge is 0.493 e. The number of aliphatic carboxylic acids is 1. The predicted molar refractivity (Wildman–Crippen MR) is 130 cm³/mol. The highest BCUT2D eigenvalue weighted by atomic mass is 17.2. The summed E-state index contributed by atoms with van der Waals surface area (Å²) in [6.45, 7) is 6.55. The van der Waals surface area contributed by atoms with Gasteiger partial charge in [-0.1, -0.05) is 18.2 Å². The smallest absolute Gasteiger partial charge is 0.300 e. The molecule has 8 nitrogen and oxygen atoms in total. The Morgan fingerprint density at radius 2 is 1.91 bits per heavy atom. The van der Waals surface area contributed by atoms with Crippen LogP contribution in [0.3, 0.4) is 0 Å². The Morgan fingerprint density at radius 3 is 2.65 bits per heavy atom. The summed E-state index contributed by atoms with van der Waals surface area (Å²) >= 11 is 0. The lowest BCUT2D eigenvalue weighted by Crippen LogP contribution is -2.41. The van der Waals surface area contributed by atoms with Gasteiger partial charge in [-0.05, 0) is 74.7 Å². The molecule has 0 amide bonds. The number of fused-ring (bicyclic) bond motifs is 1. The van der Waals surface area contributed by atoms with Crippen LogP contribution in [0.25, 0.3) is 10.9 Å². The van der Waals surface area contributed by atoms with Crippen molar-refractivity contribution in [2.45, 2.75) is 32.8 Å². The maximum Gasteiger partial charge on any atom is 0.300 e. The fourth-order valence-corrected chi connectivity index (χ4v) is 3.91. The first kappa shape index (κ1) is 25.6. The molecule has 0 aliphatic carbocycles. The molecule has 1 atom stereocenters. The van der Waals surface area contributed by atoms with E-state index in [1.165, 1.54) is 5.56 Å². The van der Waals surface area contributed by atoms with Crippen molar-refractivity contribution in [3.8, 4) is 11.5 Å². The maximum atomic E-state index is 10.3. The quantitative estimate of drug-likeness (QED) is 0.320. The van der Waals surface area contributed by atoms with Gasteiger partial charge in [-0.15, -0.1) is 0 Å². The monoisotopic (exact) mass is 470 g/mol. The normalized spacial score (nSPS) is 15.4. The third-order valence-corrected chi connectivity index (χ3v) is 5.62. The number of aromatic nitrogens is 1. The molecular formula is C26H34N2O6. The van der Waals surface area contributed by atoms with Crippen LogP contribution in [0.5, 0.6) is 11.5 Å². The number of aliphatic hydroxyl groups is 1. The van der Waals surface area contributed by atoms with Gasteiger partial charge in [0.05, 0.1) is 12.7 Å². The second-order valence-corrected chi connectivity index (χ2v) is 8.61. The van der Waals surface area contributed by atoms with Crippen molar-refractivity contribution in [1.82, 2.24) is 9.88 Å². The van der Waals surface area contributed by atoms with E-state index in [-0.39, 0.29) is 6.61 Å². The number of likely N-dealkylation sites (tertiary alicyclic amines) is 1. The molecule has 0 saturated carbocycles. The van der Waals surface area contributed by atoms with Crippen molar-refractivity contribution < 1.29 is 29.5 Å². The molecule has 1 aromatic heterocycles. The Labute approximate surface area is 200 Å². The molecule has 8 heteroatoms. The van der Waals surface area contributed by atoms with E-state index in [0.29, 0.717) is 18.2 Å². The Balaban J connectivity index is 0.000000751. The van der Waals surface area contributed by atoms with E-state index in [2.05, 4.69) is 28.9 Å². The van der Waals surface area contributed by atoms with Gasteiger partial charge in [-0.25, -0.2) is 0 Å². The number of hydrogen-bond donors (Lipinski definition) is 3. The van der Waals surface area contributed by atoms with Crippen molar-refractivity contribution in [2.75, 3.05) is 32.8 Å². The van der Waals surface area contributed by atoms with Crippen LogP contribution in [0.2, 0.25) is 0 Å². The first-order chi connectivity index (χ1) is 16.4. The van der Waals surface area contributed by atoms with Gasteiger partial charge in [0.1, 0.15) is 12.4 Å². The fraction of sp³-hybridized carbons (Fsp3) is 0.423. The number of piperidine rings is 1. The van der Waals surface area contributed by atoms with Gasteiger partial charge in [0.25, 0.3) is 5.97 Å². The number of rotatable bonds is 9. The maximum absolute atomic E-state index is 10.3. The van der Waals surface area contributed by atoms with Gasteiger partial charge in [-0.3, -0.25) is 4.79 Å². The van der Waals surface area contributed by atoms with Crippen molar-refractivity contribution in [3.63, 3.8) is 0 Å². The molecule has 4 rings (SSSR count). The van der Waals surface area contributed by atoms with Crippen LogP contribution in [-0.4, -0.2) is 65.0 Å². The molecule has 1 saturated heterocycles. The average Bonchev–Trinajstić information content (AvgIpc) is 3.28. The van der Waals surface area contributed by atoms with Gasteiger partial charge < -0.3 is 29.7 Å². The predicted octanol–water partition coefficient (Wildman–Crippen LogP) is 4.03. The zero-order valence-electron chi connectivity index (χ0n) is 19.8. The number of hydrogen-bond acceptors (Lipinski definition) is 6. The molecule has 34 heavy (non-hydrogen) atoms. The molecule has 2 heterocycles. The highest BCUT2D eigenvalue weighted by molar-refractivity contribution is 5.85. The van der Waals surface area contributed by atoms with Crippen LogP contribution >= 0.6 is 0 Å². The molecule has 1 aliphatic heterocycles. The lowest BCUT2D eigenvalue weighted by Gasteiger charge is -2.32. The summed E-state index contributed by atoms with van der Waals surface area (Å²) < 4.78 is 5.96. The minimum absolute atomic E-state index is 0.136. The van der Waals surface area contributed by atoms with E-state index in [1.807, 2.05) is 42.6 Å². The first-order valence-corrected chi connectivity index (χ1v) is 11.6. The number of H-pyrrole nitrogens is 1. The zero-order valence-corrected chi connectivity index (χ0v) is 19.8. The molecule has 0 spiro atoms. The van der Waals surface area contributed by atoms with Crippen molar-refractivity contribution in [2.24, 2.45) is 5.92 Å². The standard InChI is InChI=1S/C24H30N2O4.C2H4O2/c1-18-4-2-5-21(14-18)28-16-19-9-12-26(13-10-19)15-20(27)17-29-30-24-7-3-6-23-22(24)8-11-25-23;1-2(3)4/h2-8,11,14,19-20,25,27H,9-10,12-13,15-17H2,1H3;1H3,(H,3,4). The topological polar surface area (TPSA) is 104 Å². The number of nitrogens with one attached hydrogen (secondary N) is 1. The van der Waals surface area contributed by atoms with Crippen LogP contribution in [0.1, 0.15) is 25.3 Å². The molecule has 1 aliphatic rings. The average molecular weight is 471 g/mol. The molecule has 3 N–H and O–H groups in total. The number of nitrogens with zero attached hydrogens (tertiary/aromatic N) is 1. The Hall–Kier alpha value is -3.07. The van der Waals surface area contributed by atoms with Crippen molar-refractivity contribution in [1.29, 1.82) is 0 Å². The third kappa shape index (κ3) is 8.37. The second-order valence-electron chi connectivity index (χ2n) is 8.61. The summed E-state index contributed by atoms with van der Waals surface area (Å²) in [4.78, 5) is 25.1. The number of aliphatic hydroxyl groups excluding tert-OH is 1. The molecule has 3 aromatic rings. The number of carboxylic acid groups (broad SMARTS) is 1. The highest BCUT2D eigenvalue weighted by Crippen LogP contribution is 2.25. The van der Waals surface area contributed by atoms with Gasteiger partial charge in [0, 0.05) is 30.6 Å². The number of aryl methyl sites for hydroxylation is 1. The van der Waals surface area contributed by atoms with E-state index < -0.39 is 12.1 Å². The minimum Gasteiger partial charge on any atom is -0.493 e. The number of ether oxygens (including phenoxy) is 1. The summed E-state index contributed by atoms with van der Waals surface area (Å²) in [5, 5.41) is 18.7. The number of carbonyl (C=O) groups is 1. The molecule has 0 bridgehead atoms. The molecule has 2 aromatic carbocycles. The number of aromatic amines is 1. The second kappa shape index (κ2) is 13.0. The lowest BCUT2D eigenvalue weighted by atomic mass is 9.97. The number of benzene rings is 2. The molecule has 184 valence electrons. The SMILES string of the molecule is CC(=O)O.Cc1cccc(OCC2CCN(CC(O)COOc3cccc4[nH]ccc34)CC2)c1. The minimum atomic E-state index is -0.833. The Bertz CT molecular complexity index is 1020. The van der Waals surface area contributed by atoms with Gasteiger partial charge in [-0.2, -0.15) is 4.89 Å². The molecule has 0 radical (unpaired) electrons. The van der Waals surface area contributed by atoms with Crippen molar-refractivity contribution in [3.05, 3.63) is 60.3 Å². The number of β-amino-alcohol motifs (C(OH)–C–C–N with tert-alkyl or cyclic N) is 1. The molecule has 1 fully saturated rings. The van der Waals surface area contributed by atoms with Crippen LogP contribution in [-0.2, 0) is 9.68 Å².